The number of hydrogen-bond acceptors (Lipinski definition) is 6. The highest BCUT2D eigenvalue weighted by atomic mass is 16.3. The molecule has 1 aliphatic rings. The zero-order chi connectivity index (χ0) is 15.5. The number of aromatic nitrogens is 2. The summed E-state index contributed by atoms with van der Waals surface area (Å²) >= 11 is 0. The molecule has 3 heterocycles. The fourth-order valence-corrected chi connectivity index (χ4v) is 2.86. The molecule has 0 radical (unpaired) electrons. The molecule has 0 saturated carbocycles. The molecule has 1 aliphatic heterocycles. The van der Waals surface area contributed by atoms with Crippen LogP contribution >= 0.6 is 0 Å². The summed E-state index contributed by atoms with van der Waals surface area (Å²) in [7, 11) is 0. The van der Waals surface area contributed by atoms with Crippen molar-refractivity contribution in [2.45, 2.75) is 18.8 Å². The second kappa shape index (κ2) is 6.00. The Morgan fingerprint density at radius 2 is 2.32 bits per heavy atom. The highest BCUT2D eigenvalue weighted by molar-refractivity contribution is 5.68. The second-order valence-corrected chi connectivity index (χ2v) is 5.38. The van der Waals surface area contributed by atoms with E-state index >= 15 is 0 Å². The number of aromatic hydroxyl groups is 1. The maximum Gasteiger partial charge on any atom is 0.143 e. The monoisotopic (exact) mass is 295 g/mol. The lowest BCUT2D eigenvalue weighted by atomic mass is 9.88. The van der Waals surface area contributed by atoms with Gasteiger partial charge in [0.05, 0.1) is 11.3 Å². The normalized spacial score (nSPS) is 17.9. The summed E-state index contributed by atoms with van der Waals surface area (Å²) in [5.74, 6) is 0.454. The van der Waals surface area contributed by atoms with E-state index in [9.17, 15) is 10.4 Å². The second-order valence-electron chi connectivity index (χ2n) is 5.38. The van der Waals surface area contributed by atoms with Gasteiger partial charge < -0.3 is 16.2 Å². The van der Waals surface area contributed by atoms with Gasteiger partial charge in [-0.05, 0) is 49.1 Å². The number of pyridine rings is 2. The number of hydrogen-bond donors (Lipinski definition) is 3. The van der Waals surface area contributed by atoms with Gasteiger partial charge in [-0.15, -0.1) is 0 Å². The molecular weight excluding hydrogens is 278 g/mol. The number of rotatable bonds is 2. The molecular formula is C16H17N5O. The highest BCUT2D eigenvalue weighted by Gasteiger charge is 2.22. The number of nitrogen functional groups attached to an aromatic ring is 1. The van der Waals surface area contributed by atoms with Crippen molar-refractivity contribution in [1.29, 1.82) is 5.26 Å². The maximum absolute atomic E-state index is 9.96. The van der Waals surface area contributed by atoms with Crippen molar-refractivity contribution in [2.24, 2.45) is 0 Å². The molecule has 6 nitrogen and oxygen atoms in total. The number of piperidine rings is 1. The molecule has 3 rings (SSSR count). The van der Waals surface area contributed by atoms with Gasteiger partial charge in [-0.2, -0.15) is 5.26 Å². The zero-order valence-electron chi connectivity index (χ0n) is 12.1. The van der Waals surface area contributed by atoms with E-state index in [1.54, 1.807) is 18.3 Å². The lowest BCUT2D eigenvalue weighted by molar-refractivity contribution is 0.461. The SMILES string of the molecule is N#Cc1c(C2CCCNC2)cc(-c2ncccc2O)nc1N. The first-order chi connectivity index (χ1) is 10.7. The molecule has 0 aliphatic carbocycles. The minimum absolute atomic E-state index is 0.0480. The quantitative estimate of drug-likeness (QED) is 0.779. The van der Waals surface area contributed by atoms with Crippen molar-refractivity contribution >= 4 is 5.82 Å². The number of nitrogens with two attached hydrogens (primary N) is 1. The molecule has 0 spiro atoms. The fourth-order valence-electron chi connectivity index (χ4n) is 2.86. The van der Waals surface area contributed by atoms with Crippen molar-refractivity contribution in [2.75, 3.05) is 18.8 Å². The molecule has 1 saturated heterocycles. The Bertz CT molecular complexity index is 732. The summed E-state index contributed by atoms with van der Waals surface area (Å²) in [6, 6.07) is 7.19. The molecule has 1 atom stereocenters. The van der Waals surface area contributed by atoms with Gasteiger partial charge in [0, 0.05) is 12.7 Å². The molecule has 0 aromatic carbocycles. The Morgan fingerprint density at radius 1 is 1.45 bits per heavy atom. The van der Waals surface area contributed by atoms with Crippen LogP contribution in [0.2, 0.25) is 0 Å². The Hall–Kier alpha value is -2.65. The van der Waals surface area contributed by atoms with Crippen molar-refractivity contribution < 1.29 is 5.11 Å². The summed E-state index contributed by atoms with van der Waals surface area (Å²) in [6.45, 7) is 1.80. The van der Waals surface area contributed by atoms with E-state index in [0.29, 0.717) is 17.0 Å². The van der Waals surface area contributed by atoms with Gasteiger partial charge in [-0.25, -0.2) is 4.98 Å². The van der Waals surface area contributed by atoms with Gasteiger partial charge in [-0.1, -0.05) is 0 Å². The van der Waals surface area contributed by atoms with Crippen molar-refractivity contribution in [3.8, 4) is 23.2 Å². The van der Waals surface area contributed by atoms with Crippen LogP contribution in [0.4, 0.5) is 5.82 Å². The number of anilines is 1. The first-order valence-corrected chi connectivity index (χ1v) is 7.26. The summed E-state index contributed by atoms with van der Waals surface area (Å²) in [5.41, 5.74) is 8.14. The lowest BCUT2D eigenvalue weighted by Gasteiger charge is -2.24. The Balaban J connectivity index is 2.12. The average molecular weight is 295 g/mol. The van der Waals surface area contributed by atoms with Crippen LogP contribution in [0.1, 0.15) is 29.9 Å². The van der Waals surface area contributed by atoms with Crippen LogP contribution < -0.4 is 11.1 Å². The third-order valence-electron chi connectivity index (χ3n) is 3.96. The zero-order valence-corrected chi connectivity index (χ0v) is 12.1. The van der Waals surface area contributed by atoms with Crippen LogP contribution in [0.25, 0.3) is 11.4 Å². The van der Waals surface area contributed by atoms with Crippen molar-refractivity contribution in [3.63, 3.8) is 0 Å². The van der Waals surface area contributed by atoms with Crippen molar-refractivity contribution in [1.82, 2.24) is 15.3 Å². The highest BCUT2D eigenvalue weighted by Crippen LogP contribution is 2.33. The molecule has 1 fully saturated rings. The summed E-state index contributed by atoms with van der Waals surface area (Å²) < 4.78 is 0. The molecule has 2 aromatic rings. The molecule has 0 bridgehead atoms. The van der Waals surface area contributed by atoms with Gasteiger partial charge in [0.2, 0.25) is 0 Å². The topological polar surface area (TPSA) is 108 Å². The van der Waals surface area contributed by atoms with Gasteiger partial charge in [-0.3, -0.25) is 4.98 Å². The Morgan fingerprint density at radius 3 is 3.00 bits per heavy atom. The third kappa shape index (κ3) is 2.59. The van der Waals surface area contributed by atoms with Gasteiger partial charge in [0.15, 0.2) is 0 Å². The molecule has 6 heteroatoms. The van der Waals surface area contributed by atoms with Crippen LogP contribution in [-0.2, 0) is 0 Å². The first kappa shape index (κ1) is 14.3. The van der Waals surface area contributed by atoms with Crippen LogP contribution in [0.15, 0.2) is 24.4 Å². The summed E-state index contributed by atoms with van der Waals surface area (Å²) in [4.78, 5) is 8.41. The number of nitriles is 1. The molecule has 1 unspecified atom stereocenters. The van der Waals surface area contributed by atoms with Crippen LogP contribution in [0.3, 0.4) is 0 Å². The van der Waals surface area contributed by atoms with Crippen LogP contribution in [0.5, 0.6) is 5.75 Å². The van der Waals surface area contributed by atoms with Gasteiger partial charge in [0.25, 0.3) is 0 Å². The summed E-state index contributed by atoms with van der Waals surface area (Å²) in [5, 5.41) is 22.7. The third-order valence-corrected chi connectivity index (χ3v) is 3.96. The predicted octanol–water partition coefficient (Wildman–Crippen LogP) is 1.77. The molecule has 2 aromatic heterocycles. The van der Waals surface area contributed by atoms with Crippen molar-refractivity contribution in [3.05, 3.63) is 35.5 Å². The smallest absolute Gasteiger partial charge is 0.143 e. The molecule has 22 heavy (non-hydrogen) atoms. The fraction of sp³-hybridized carbons (Fsp3) is 0.312. The van der Waals surface area contributed by atoms with E-state index < -0.39 is 0 Å². The molecule has 112 valence electrons. The first-order valence-electron chi connectivity index (χ1n) is 7.26. The molecule has 4 N–H and O–H groups in total. The number of nitrogens with zero attached hydrogens (tertiary/aromatic N) is 3. The predicted molar refractivity (Wildman–Crippen MR) is 83.1 cm³/mol. The minimum Gasteiger partial charge on any atom is -0.506 e. The Kier molecular flexibility index (Phi) is 3.90. The van der Waals surface area contributed by atoms with Crippen LogP contribution in [-0.4, -0.2) is 28.2 Å². The maximum atomic E-state index is 9.96. The van der Waals surface area contributed by atoms with Gasteiger partial charge >= 0.3 is 0 Å². The van der Waals surface area contributed by atoms with Crippen LogP contribution in [0, 0.1) is 11.3 Å². The van der Waals surface area contributed by atoms with E-state index in [-0.39, 0.29) is 17.5 Å². The van der Waals surface area contributed by atoms with E-state index in [2.05, 4.69) is 21.4 Å². The van der Waals surface area contributed by atoms with E-state index in [4.69, 9.17) is 5.73 Å². The average Bonchev–Trinajstić information content (AvgIpc) is 2.55. The van der Waals surface area contributed by atoms with E-state index in [1.807, 2.05) is 6.07 Å². The Labute approximate surface area is 128 Å². The summed E-state index contributed by atoms with van der Waals surface area (Å²) in [6.07, 6.45) is 3.65. The van der Waals surface area contributed by atoms with E-state index in [1.165, 1.54) is 0 Å². The largest absolute Gasteiger partial charge is 0.506 e. The number of nitrogens with one attached hydrogen (secondary N) is 1. The van der Waals surface area contributed by atoms with Gasteiger partial charge in [0.1, 0.15) is 23.3 Å². The van der Waals surface area contributed by atoms with E-state index in [0.717, 1.165) is 31.5 Å². The minimum atomic E-state index is 0.0480. The molecule has 0 amide bonds. The lowest BCUT2D eigenvalue weighted by Crippen LogP contribution is -2.29. The standard InChI is InChI=1S/C16H17N5O/c17-8-12-11(10-3-1-5-19-9-10)7-13(21-16(12)18)15-14(22)4-2-6-20-15/h2,4,6-7,10,19,22H,1,3,5,9H2,(H2,18,21).